The number of carbonyl (C=O) groups excluding carboxylic acids is 2. The summed E-state index contributed by atoms with van der Waals surface area (Å²) in [5.41, 5.74) is -1.40. The lowest BCUT2D eigenvalue weighted by molar-refractivity contribution is -0.385. The number of nitrogens with one attached hydrogen (secondary N) is 1. The predicted octanol–water partition coefficient (Wildman–Crippen LogP) is 2.50. The van der Waals surface area contributed by atoms with Crippen LogP contribution in [0.15, 0.2) is 18.2 Å². The van der Waals surface area contributed by atoms with Gasteiger partial charge in [0.15, 0.2) is 0 Å². The molecule has 1 unspecified atom stereocenters. The van der Waals surface area contributed by atoms with Gasteiger partial charge in [-0.15, -0.1) is 0 Å². The van der Waals surface area contributed by atoms with Crippen molar-refractivity contribution in [1.29, 1.82) is 0 Å². The first-order valence-electron chi connectivity index (χ1n) is 6.02. The lowest BCUT2D eigenvalue weighted by Crippen LogP contribution is -2.35. The van der Waals surface area contributed by atoms with E-state index in [0.29, 0.717) is 12.4 Å². The van der Waals surface area contributed by atoms with Crippen molar-refractivity contribution in [3.05, 3.63) is 39.7 Å². The van der Waals surface area contributed by atoms with Gasteiger partial charge in [-0.25, -0.2) is 9.18 Å². The van der Waals surface area contributed by atoms with Crippen molar-refractivity contribution in [2.45, 2.75) is 32.4 Å². The van der Waals surface area contributed by atoms with E-state index in [1.807, 2.05) is 0 Å². The number of non-ortho nitro benzene ring substituents is 1. The number of nitro benzene ring substituents is 1. The summed E-state index contributed by atoms with van der Waals surface area (Å²) < 4.78 is 18.7. The SMILES string of the molecule is CC(C)(C)OC(=O)NC(C=O)c1ccc([N+](=O)[O-])cc1F. The monoisotopic (exact) mass is 298 g/mol. The number of benzene rings is 1. The Morgan fingerprint density at radius 3 is 2.52 bits per heavy atom. The van der Waals surface area contributed by atoms with E-state index in [2.05, 4.69) is 5.32 Å². The molecule has 1 aromatic carbocycles. The van der Waals surface area contributed by atoms with Crippen LogP contribution in [0.2, 0.25) is 0 Å². The van der Waals surface area contributed by atoms with Gasteiger partial charge in [0.05, 0.1) is 11.0 Å². The molecule has 8 heteroatoms. The number of hydrogen-bond acceptors (Lipinski definition) is 5. The normalized spacial score (nSPS) is 12.4. The zero-order valence-corrected chi connectivity index (χ0v) is 11.8. The third-order valence-electron chi connectivity index (χ3n) is 2.34. The van der Waals surface area contributed by atoms with Crippen LogP contribution in [0.5, 0.6) is 0 Å². The number of nitrogens with zero attached hydrogens (tertiary/aromatic N) is 1. The van der Waals surface area contributed by atoms with Crippen LogP contribution >= 0.6 is 0 Å². The first-order chi connectivity index (χ1) is 9.64. The predicted molar refractivity (Wildman–Crippen MR) is 71.2 cm³/mol. The second-order valence-corrected chi connectivity index (χ2v) is 5.22. The van der Waals surface area contributed by atoms with Crippen LogP contribution < -0.4 is 5.32 Å². The molecule has 7 nitrogen and oxygen atoms in total. The highest BCUT2D eigenvalue weighted by atomic mass is 19.1. The fraction of sp³-hybridized carbons (Fsp3) is 0.385. The Morgan fingerprint density at radius 1 is 1.48 bits per heavy atom. The van der Waals surface area contributed by atoms with Gasteiger partial charge in [0, 0.05) is 11.6 Å². The molecule has 0 heterocycles. The van der Waals surface area contributed by atoms with Gasteiger partial charge in [0.2, 0.25) is 0 Å². The molecule has 0 fully saturated rings. The van der Waals surface area contributed by atoms with Crippen molar-refractivity contribution in [3.63, 3.8) is 0 Å². The summed E-state index contributed by atoms with van der Waals surface area (Å²) in [5, 5.41) is 12.7. The molecular weight excluding hydrogens is 283 g/mol. The zero-order valence-electron chi connectivity index (χ0n) is 11.8. The molecule has 0 aromatic heterocycles. The van der Waals surface area contributed by atoms with E-state index in [4.69, 9.17) is 4.74 Å². The van der Waals surface area contributed by atoms with Crippen LogP contribution in [0, 0.1) is 15.9 Å². The Balaban J connectivity index is 2.93. The van der Waals surface area contributed by atoms with E-state index >= 15 is 0 Å². The second-order valence-electron chi connectivity index (χ2n) is 5.22. The quantitative estimate of drug-likeness (QED) is 0.523. The molecule has 0 radical (unpaired) electrons. The van der Waals surface area contributed by atoms with E-state index in [1.165, 1.54) is 0 Å². The molecule has 0 aliphatic rings. The standard InChI is InChI=1S/C13H15FN2O5/c1-13(2,3)21-12(18)15-11(7-17)9-5-4-8(16(19)20)6-10(9)14/h4-7,11H,1-3H3,(H,15,18). The molecule has 0 saturated heterocycles. The summed E-state index contributed by atoms with van der Waals surface area (Å²) in [6.07, 6.45) is -0.578. The van der Waals surface area contributed by atoms with Gasteiger partial charge < -0.3 is 14.8 Å². The van der Waals surface area contributed by atoms with Crippen LogP contribution in [0.4, 0.5) is 14.9 Å². The van der Waals surface area contributed by atoms with Gasteiger partial charge in [-0.1, -0.05) is 0 Å². The average Bonchev–Trinajstić information content (AvgIpc) is 2.34. The van der Waals surface area contributed by atoms with Crippen LogP contribution in [0.25, 0.3) is 0 Å². The number of ether oxygens (including phenoxy) is 1. The first-order valence-corrected chi connectivity index (χ1v) is 6.02. The summed E-state index contributed by atoms with van der Waals surface area (Å²) >= 11 is 0. The molecule has 1 rings (SSSR count). The Labute approximate surface area is 120 Å². The van der Waals surface area contributed by atoms with E-state index in [1.54, 1.807) is 20.8 Å². The van der Waals surface area contributed by atoms with Crippen LogP contribution in [-0.4, -0.2) is 22.9 Å². The number of amides is 1. The maximum absolute atomic E-state index is 13.8. The smallest absolute Gasteiger partial charge is 0.408 e. The average molecular weight is 298 g/mol. The summed E-state index contributed by atoms with van der Waals surface area (Å²) in [4.78, 5) is 32.3. The van der Waals surface area contributed by atoms with Crippen molar-refractivity contribution in [1.82, 2.24) is 5.32 Å². The molecule has 1 atom stereocenters. The molecule has 114 valence electrons. The number of aldehydes is 1. The van der Waals surface area contributed by atoms with E-state index < -0.39 is 34.2 Å². The van der Waals surface area contributed by atoms with Crippen molar-refractivity contribution in [2.75, 3.05) is 0 Å². The number of alkyl carbamates (subject to hydrolysis) is 1. The van der Waals surface area contributed by atoms with E-state index in [0.717, 1.165) is 12.1 Å². The first kappa shape index (κ1) is 16.5. The van der Waals surface area contributed by atoms with Crippen molar-refractivity contribution in [3.8, 4) is 0 Å². The van der Waals surface area contributed by atoms with Crippen LogP contribution in [0.3, 0.4) is 0 Å². The molecular formula is C13H15FN2O5. The lowest BCUT2D eigenvalue weighted by Gasteiger charge is -2.21. The molecule has 0 aliphatic carbocycles. The van der Waals surface area contributed by atoms with Gasteiger partial charge in [0.1, 0.15) is 23.7 Å². The maximum atomic E-state index is 13.8. The fourth-order valence-electron chi connectivity index (χ4n) is 1.50. The number of carbonyl (C=O) groups is 2. The van der Waals surface area contributed by atoms with Gasteiger partial charge in [-0.05, 0) is 26.8 Å². The number of hydrogen-bond donors (Lipinski definition) is 1. The summed E-state index contributed by atoms with van der Waals surface area (Å²) in [6, 6.07) is 1.51. The third-order valence-corrected chi connectivity index (χ3v) is 2.34. The molecule has 21 heavy (non-hydrogen) atoms. The summed E-state index contributed by atoms with van der Waals surface area (Å²) in [6.45, 7) is 4.90. The van der Waals surface area contributed by atoms with E-state index in [9.17, 15) is 24.1 Å². The summed E-state index contributed by atoms with van der Waals surface area (Å²) in [5.74, 6) is -0.961. The van der Waals surface area contributed by atoms with Gasteiger partial charge >= 0.3 is 6.09 Å². The summed E-state index contributed by atoms with van der Waals surface area (Å²) in [7, 11) is 0. The topological polar surface area (TPSA) is 98.5 Å². The lowest BCUT2D eigenvalue weighted by atomic mass is 10.1. The Morgan fingerprint density at radius 2 is 2.10 bits per heavy atom. The molecule has 1 aromatic rings. The highest BCUT2D eigenvalue weighted by molar-refractivity contribution is 5.74. The fourth-order valence-corrected chi connectivity index (χ4v) is 1.50. The van der Waals surface area contributed by atoms with Gasteiger partial charge in [-0.2, -0.15) is 0 Å². The largest absolute Gasteiger partial charge is 0.444 e. The number of nitro groups is 1. The molecule has 1 N–H and O–H groups in total. The third kappa shape index (κ3) is 4.83. The Hall–Kier alpha value is -2.51. The zero-order chi connectivity index (χ0) is 16.2. The number of halogens is 1. The van der Waals surface area contributed by atoms with Crippen LogP contribution in [-0.2, 0) is 9.53 Å². The molecule has 0 bridgehead atoms. The van der Waals surface area contributed by atoms with Crippen molar-refractivity contribution < 1.29 is 23.6 Å². The van der Waals surface area contributed by atoms with Crippen molar-refractivity contribution in [2.24, 2.45) is 0 Å². The van der Waals surface area contributed by atoms with E-state index in [-0.39, 0.29) is 5.56 Å². The maximum Gasteiger partial charge on any atom is 0.408 e. The van der Waals surface area contributed by atoms with Gasteiger partial charge in [0.25, 0.3) is 5.69 Å². The van der Waals surface area contributed by atoms with Gasteiger partial charge in [-0.3, -0.25) is 10.1 Å². The minimum absolute atomic E-state index is 0.179. The molecule has 1 amide bonds. The highest BCUT2D eigenvalue weighted by Crippen LogP contribution is 2.21. The highest BCUT2D eigenvalue weighted by Gasteiger charge is 2.23. The Kier molecular flexibility index (Phi) is 4.96. The molecule has 0 saturated carbocycles. The second kappa shape index (κ2) is 6.29. The molecule has 0 aliphatic heterocycles. The Bertz CT molecular complexity index is 568. The molecule has 0 spiro atoms. The van der Waals surface area contributed by atoms with Crippen molar-refractivity contribution >= 4 is 18.1 Å². The number of rotatable bonds is 4. The minimum Gasteiger partial charge on any atom is -0.444 e. The minimum atomic E-state index is -1.29. The van der Waals surface area contributed by atoms with Crippen LogP contribution in [0.1, 0.15) is 32.4 Å².